The molecule has 0 aromatic heterocycles. The van der Waals surface area contributed by atoms with Crippen molar-refractivity contribution >= 4 is 11.8 Å². The van der Waals surface area contributed by atoms with E-state index in [2.05, 4.69) is 11.6 Å². The lowest BCUT2D eigenvalue weighted by molar-refractivity contribution is 0.0699. The summed E-state index contributed by atoms with van der Waals surface area (Å²) in [6, 6.07) is 0. The number of unbranched alkanes of at least 4 members (excludes halogenated alkanes) is 1. The smallest absolute Gasteiger partial charge is 0.0518 e. The van der Waals surface area contributed by atoms with Crippen LogP contribution >= 0.6 is 11.8 Å². The highest BCUT2D eigenvalue weighted by Crippen LogP contribution is 2.11. The number of nitrogens with one attached hydrogen (secondary N) is 1. The molecular formula is C10H23NO2S. The Kier molecular flexibility index (Phi) is 8.67. The van der Waals surface area contributed by atoms with Gasteiger partial charge in [0.2, 0.25) is 0 Å². The van der Waals surface area contributed by atoms with Gasteiger partial charge in [-0.15, -0.1) is 0 Å². The monoisotopic (exact) mass is 221 g/mol. The predicted molar refractivity (Wildman–Crippen MR) is 62.8 cm³/mol. The minimum absolute atomic E-state index is 0.0291. The quantitative estimate of drug-likeness (QED) is 0.502. The zero-order valence-electron chi connectivity index (χ0n) is 9.25. The molecule has 0 fully saturated rings. The van der Waals surface area contributed by atoms with Crippen molar-refractivity contribution in [1.29, 1.82) is 0 Å². The van der Waals surface area contributed by atoms with Gasteiger partial charge >= 0.3 is 0 Å². The molecule has 3 nitrogen and oxygen atoms in total. The molecule has 0 aliphatic heterocycles. The normalized spacial score (nSPS) is 12.0. The standard InChI is InChI=1S/C10H23NO2S/c1-10(8-12,9-13)7-11-5-3-4-6-14-2/h11-13H,3-9H2,1-2H3. The number of hydrogen-bond donors (Lipinski definition) is 3. The Morgan fingerprint density at radius 3 is 2.36 bits per heavy atom. The van der Waals surface area contributed by atoms with Crippen LogP contribution in [0.5, 0.6) is 0 Å². The molecule has 0 amide bonds. The molecule has 0 atom stereocenters. The highest BCUT2D eigenvalue weighted by Gasteiger charge is 2.21. The van der Waals surface area contributed by atoms with Gasteiger partial charge in [0.05, 0.1) is 13.2 Å². The van der Waals surface area contributed by atoms with Crippen LogP contribution in [0.2, 0.25) is 0 Å². The van der Waals surface area contributed by atoms with Crippen LogP contribution in [0.15, 0.2) is 0 Å². The summed E-state index contributed by atoms with van der Waals surface area (Å²) in [4.78, 5) is 0. The first kappa shape index (κ1) is 14.2. The molecule has 14 heavy (non-hydrogen) atoms. The first-order valence-corrected chi connectivity index (χ1v) is 6.49. The van der Waals surface area contributed by atoms with E-state index in [0.717, 1.165) is 13.0 Å². The lowest BCUT2D eigenvalue weighted by Crippen LogP contribution is -2.38. The molecule has 0 unspecified atom stereocenters. The molecule has 86 valence electrons. The van der Waals surface area contributed by atoms with Gasteiger partial charge in [0.15, 0.2) is 0 Å². The van der Waals surface area contributed by atoms with E-state index in [4.69, 9.17) is 10.2 Å². The highest BCUT2D eigenvalue weighted by molar-refractivity contribution is 7.98. The van der Waals surface area contributed by atoms with Gasteiger partial charge in [-0.1, -0.05) is 6.92 Å². The lowest BCUT2D eigenvalue weighted by Gasteiger charge is -2.24. The van der Waals surface area contributed by atoms with Gasteiger partial charge in [0.25, 0.3) is 0 Å². The first-order valence-electron chi connectivity index (χ1n) is 5.10. The maximum Gasteiger partial charge on any atom is 0.0518 e. The van der Waals surface area contributed by atoms with Crippen LogP contribution in [-0.4, -0.2) is 48.5 Å². The third kappa shape index (κ3) is 6.65. The molecule has 0 aromatic carbocycles. The molecule has 3 N–H and O–H groups in total. The van der Waals surface area contributed by atoms with E-state index >= 15 is 0 Å². The minimum Gasteiger partial charge on any atom is -0.396 e. The summed E-state index contributed by atoms with van der Waals surface area (Å²) in [5, 5.41) is 21.3. The van der Waals surface area contributed by atoms with Gasteiger partial charge in [-0.2, -0.15) is 11.8 Å². The molecule has 4 heteroatoms. The van der Waals surface area contributed by atoms with E-state index < -0.39 is 0 Å². The van der Waals surface area contributed by atoms with Crippen molar-refractivity contribution in [2.75, 3.05) is 38.3 Å². The Morgan fingerprint density at radius 2 is 1.86 bits per heavy atom. The van der Waals surface area contributed by atoms with Crippen molar-refractivity contribution in [2.24, 2.45) is 5.41 Å². The fourth-order valence-corrected chi connectivity index (χ4v) is 1.54. The van der Waals surface area contributed by atoms with Crippen LogP contribution in [0.1, 0.15) is 19.8 Å². The molecule has 0 aliphatic rings. The topological polar surface area (TPSA) is 52.5 Å². The molecule has 0 aromatic rings. The SMILES string of the molecule is CSCCCCNCC(C)(CO)CO. The van der Waals surface area contributed by atoms with Crippen LogP contribution in [-0.2, 0) is 0 Å². The van der Waals surface area contributed by atoms with Crippen LogP contribution in [0.3, 0.4) is 0 Å². The van der Waals surface area contributed by atoms with Gasteiger partial charge in [0.1, 0.15) is 0 Å². The molecule has 0 saturated carbocycles. The maximum absolute atomic E-state index is 9.02. The Bertz CT molecular complexity index is 129. The average Bonchev–Trinajstić information content (AvgIpc) is 2.23. The lowest BCUT2D eigenvalue weighted by atomic mass is 9.93. The zero-order chi connectivity index (χ0) is 10.9. The third-order valence-corrected chi connectivity index (χ3v) is 2.96. The summed E-state index contributed by atoms with van der Waals surface area (Å²) < 4.78 is 0. The van der Waals surface area contributed by atoms with Gasteiger partial charge in [-0.3, -0.25) is 0 Å². The fourth-order valence-electron chi connectivity index (χ4n) is 1.05. The second-order valence-corrected chi connectivity index (χ2v) is 4.99. The van der Waals surface area contributed by atoms with E-state index in [1.54, 1.807) is 0 Å². The Labute approximate surface area is 91.3 Å². The van der Waals surface area contributed by atoms with Crippen molar-refractivity contribution in [3.8, 4) is 0 Å². The summed E-state index contributed by atoms with van der Waals surface area (Å²) in [6.07, 6.45) is 4.50. The van der Waals surface area contributed by atoms with E-state index in [1.165, 1.54) is 12.2 Å². The third-order valence-electron chi connectivity index (χ3n) is 2.27. The first-order chi connectivity index (χ1) is 6.68. The molecule has 0 bridgehead atoms. The highest BCUT2D eigenvalue weighted by atomic mass is 32.2. The molecule has 0 aliphatic carbocycles. The molecule has 0 radical (unpaired) electrons. The van der Waals surface area contributed by atoms with Crippen molar-refractivity contribution in [3.05, 3.63) is 0 Å². The van der Waals surface area contributed by atoms with E-state index in [-0.39, 0.29) is 18.6 Å². The maximum atomic E-state index is 9.02. The van der Waals surface area contributed by atoms with Crippen molar-refractivity contribution in [2.45, 2.75) is 19.8 Å². The van der Waals surface area contributed by atoms with Gasteiger partial charge in [-0.05, 0) is 31.4 Å². The number of thioether (sulfide) groups is 1. The van der Waals surface area contributed by atoms with Crippen LogP contribution in [0.25, 0.3) is 0 Å². The number of aliphatic hydroxyl groups excluding tert-OH is 2. The van der Waals surface area contributed by atoms with E-state index in [1.807, 2.05) is 18.7 Å². The molecule has 0 saturated heterocycles. The molecule has 0 heterocycles. The minimum atomic E-state index is -0.375. The van der Waals surface area contributed by atoms with Crippen LogP contribution in [0, 0.1) is 5.41 Å². The predicted octanol–water partition coefficient (Wildman–Crippen LogP) is 0.710. The van der Waals surface area contributed by atoms with Crippen molar-refractivity contribution < 1.29 is 10.2 Å². The largest absolute Gasteiger partial charge is 0.396 e. The summed E-state index contributed by atoms with van der Waals surface area (Å²) >= 11 is 1.87. The number of rotatable bonds is 9. The Balaban J connectivity index is 3.34. The van der Waals surface area contributed by atoms with Crippen molar-refractivity contribution in [1.82, 2.24) is 5.32 Å². The van der Waals surface area contributed by atoms with Crippen molar-refractivity contribution in [3.63, 3.8) is 0 Å². The second-order valence-electron chi connectivity index (χ2n) is 4.00. The summed E-state index contributed by atoms with van der Waals surface area (Å²) in [5.74, 6) is 1.21. The van der Waals surface area contributed by atoms with Gasteiger partial charge < -0.3 is 15.5 Å². The summed E-state index contributed by atoms with van der Waals surface area (Å²) in [7, 11) is 0. The van der Waals surface area contributed by atoms with Crippen LogP contribution < -0.4 is 5.32 Å². The number of aliphatic hydroxyl groups is 2. The van der Waals surface area contributed by atoms with E-state index in [0.29, 0.717) is 6.54 Å². The van der Waals surface area contributed by atoms with Gasteiger partial charge in [0, 0.05) is 12.0 Å². The number of hydrogen-bond acceptors (Lipinski definition) is 4. The molecular weight excluding hydrogens is 198 g/mol. The summed E-state index contributed by atoms with van der Waals surface area (Å²) in [5.41, 5.74) is -0.375. The average molecular weight is 221 g/mol. The fraction of sp³-hybridized carbons (Fsp3) is 1.00. The Morgan fingerprint density at radius 1 is 1.21 bits per heavy atom. The Hall–Kier alpha value is 0.230. The van der Waals surface area contributed by atoms with Crippen LogP contribution in [0.4, 0.5) is 0 Å². The zero-order valence-corrected chi connectivity index (χ0v) is 10.1. The summed E-state index contributed by atoms with van der Waals surface area (Å²) in [6.45, 7) is 3.58. The van der Waals surface area contributed by atoms with Gasteiger partial charge in [-0.25, -0.2) is 0 Å². The van der Waals surface area contributed by atoms with E-state index in [9.17, 15) is 0 Å². The molecule has 0 spiro atoms. The molecule has 0 rings (SSSR count). The second kappa shape index (κ2) is 8.53.